The predicted octanol–water partition coefficient (Wildman–Crippen LogP) is 1.59. The summed E-state index contributed by atoms with van der Waals surface area (Å²) in [5, 5.41) is 9.57. The van der Waals surface area contributed by atoms with Gasteiger partial charge in [-0.25, -0.2) is 18.6 Å². The molecule has 0 spiro atoms. The number of ether oxygens (including phenoxy) is 2. The molecule has 13 heteroatoms. The van der Waals surface area contributed by atoms with Crippen LogP contribution in [0.5, 0.6) is 0 Å². The molecular weight excluding hydrogens is 498 g/mol. The second kappa shape index (κ2) is 12.5. The van der Waals surface area contributed by atoms with E-state index in [1.165, 1.54) is 18.4 Å². The minimum atomic E-state index is -2.88. The van der Waals surface area contributed by atoms with Crippen LogP contribution in [-0.2, 0) is 36.8 Å². The second-order valence-electron chi connectivity index (χ2n) is 8.17. The zero-order chi connectivity index (χ0) is 26.1. The number of halogens is 2. The van der Waals surface area contributed by atoms with E-state index >= 15 is 0 Å². The van der Waals surface area contributed by atoms with E-state index in [-0.39, 0.29) is 19.6 Å². The quantitative estimate of drug-likeness (QED) is 0.359. The zero-order valence-corrected chi connectivity index (χ0v) is 20.2. The van der Waals surface area contributed by atoms with Crippen LogP contribution in [0.15, 0.2) is 41.9 Å². The molecule has 1 saturated carbocycles. The van der Waals surface area contributed by atoms with Gasteiger partial charge in [0, 0.05) is 37.9 Å². The first-order valence-corrected chi connectivity index (χ1v) is 11.9. The predicted molar refractivity (Wildman–Crippen MR) is 124 cm³/mol. The third-order valence-corrected chi connectivity index (χ3v) is 6.07. The summed E-state index contributed by atoms with van der Waals surface area (Å²) in [5.74, 6) is -5.48. The van der Waals surface area contributed by atoms with Gasteiger partial charge in [-0.2, -0.15) is 0 Å². The van der Waals surface area contributed by atoms with E-state index in [4.69, 9.17) is 9.47 Å². The van der Waals surface area contributed by atoms with Crippen molar-refractivity contribution in [1.82, 2.24) is 20.9 Å². The summed E-state index contributed by atoms with van der Waals surface area (Å²) in [6.07, 6.45) is -1.63. The van der Waals surface area contributed by atoms with Gasteiger partial charge in [0.1, 0.15) is 23.2 Å². The monoisotopic (exact) mass is 524 g/mol. The first-order valence-electron chi connectivity index (χ1n) is 11.1. The number of hydrogen-bond donors (Lipinski definition) is 3. The van der Waals surface area contributed by atoms with E-state index in [1.54, 1.807) is 41.9 Å². The van der Waals surface area contributed by atoms with E-state index in [1.807, 2.05) is 0 Å². The Morgan fingerprint density at radius 2 is 1.86 bits per heavy atom. The molecule has 36 heavy (non-hydrogen) atoms. The van der Waals surface area contributed by atoms with Gasteiger partial charge in [0.05, 0.1) is 13.2 Å². The molecule has 1 aliphatic carbocycles. The number of hydrogen-bond acceptors (Lipinski definition) is 8. The van der Waals surface area contributed by atoms with Crippen LogP contribution < -0.4 is 16.0 Å². The van der Waals surface area contributed by atoms with Crippen molar-refractivity contribution >= 4 is 35.0 Å². The first kappa shape index (κ1) is 27.1. The van der Waals surface area contributed by atoms with E-state index in [0.29, 0.717) is 10.6 Å². The van der Waals surface area contributed by atoms with Gasteiger partial charge in [-0.05, 0) is 5.56 Å². The third-order valence-electron chi connectivity index (χ3n) is 5.29. The molecule has 0 unspecified atom stereocenters. The first-order chi connectivity index (χ1) is 17.2. The minimum absolute atomic E-state index is 0.0113. The van der Waals surface area contributed by atoms with E-state index in [2.05, 4.69) is 20.9 Å². The van der Waals surface area contributed by atoms with Gasteiger partial charge >= 0.3 is 6.09 Å². The Labute approximate surface area is 209 Å². The van der Waals surface area contributed by atoms with Crippen LogP contribution in [-0.4, -0.2) is 66.5 Å². The van der Waals surface area contributed by atoms with Crippen molar-refractivity contribution in [3.8, 4) is 0 Å². The summed E-state index contributed by atoms with van der Waals surface area (Å²) >= 11 is 1.31. The maximum absolute atomic E-state index is 13.0. The molecule has 2 atom stereocenters. The molecule has 1 aromatic carbocycles. The van der Waals surface area contributed by atoms with Crippen molar-refractivity contribution in [2.24, 2.45) is 0 Å². The van der Waals surface area contributed by atoms with Gasteiger partial charge in [0.25, 0.3) is 11.8 Å². The normalized spacial score (nSPS) is 16.2. The number of benzene rings is 1. The molecule has 1 heterocycles. The summed E-state index contributed by atoms with van der Waals surface area (Å²) in [5.41, 5.74) is 0.686. The van der Waals surface area contributed by atoms with Gasteiger partial charge in [0.2, 0.25) is 11.7 Å². The lowest BCUT2D eigenvalue weighted by atomic mass is 9.91. The maximum atomic E-state index is 13.0. The van der Waals surface area contributed by atoms with Crippen molar-refractivity contribution in [2.45, 2.75) is 49.9 Å². The third kappa shape index (κ3) is 8.05. The number of ketones is 1. The molecule has 1 fully saturated rings. The fourth-order valence-electron chi connectivity index (χ4n) is 3.44. The Morgan fingerprint density at radius 3 is 2.47 bits per heavy atom. The van der Waals surface area contributed by atoms with Crippen LogP contribution in [0.4, 0.5) is 13.6 Å². The smallest absolute Gasteiger partial charge is 0.408 e. The summed E-state index contributed by atoms with van der Waals surface area (Å²) in [4.78, 5) is 54.6. The lowest BCUT2D eigenvalue weighted by molar-refractivity contribution is -0.145. The van der Waals surface area contributed by atoms with Crippen molar-refractivity contribution in [1.29, 1.82) is 0 Å². The number of nitrogens with one attached hydrogen (secondary N) is 3. The fourth-order valence-corrected chi connectivity index (χ4v) is 4.00. The highest BCUT2D eigenvalue weighted by molar-refractivity contribution is 7.09. The summed E-state index contributed by atoms with van der Waals surface area (Å²) in [7, 11) is 1.29. The van der Waals surface area contributed by atoms with E-state index in [9.17, 15) is 28.0 Å². The Kier molecular flexibility index (Phi) is 9.42. The standard InChI is InChI=1S/C23H26F2N4O6S/c1-34-13-17(29-22(33)35-15-10-23(24,25)11-15)20(31)28-16(9-14-5-3-2-4-6-14)19(30)21(32)27-12-18-26-7-8-36-18/h2-8,15-17H,9-13H2,1H3,(H,27,32)(H,28,31)(H,29,33)/t16-,17-/m1/s1. The zero-order valence-electron chi connectivity index (χ0n) is 19.4. The average Bonchev–Trinajstić information content (AvgIpc) is 3.34. The number of nitrogens with zero attached hydrogens (tertiary/aromatic N) is 1. The van der Waals surface area contributed by atoms with Crippen molar-refractivity contribution < 1.29 is 37.4 Å². The van der Waals surface area contributed by atoms with Gasteiger partial charge in [-0.3, -0.25) is 14.4 Å². The highest BCUT2D eigenvalue weighted by Gasteiger charge is 2.47. The summed E-state index contributed by atoms with van der Waals surface area (Å²) in [6.45, 7) is -0.238. The average molecular weight is 525 g/mol. The number of carbonyl (C=O) groups is 4. The van der Waals surface area contributed by atoms with Crippen molar-refractivity contribution in [3.05, 3.63) is 52.5 Å². The number of thiazole rings is 1. The van der Waals surface area contributed by atoms with E-state index in [0.717, 1.165) is 0 Å². The number of carbonyl (C=O) groups excluding carboxylic acids is 4. The molecule has 3 N–H and O–H groups in total. The van der Waals surface area contributed by atoms with Gasteiger partial charge in [0.15, 0.2) is 0 Å². The van der Waals surface area contributed by atoms with Gasteiger partial charge < -0.3 is 25.4 Å². The second-order valence-corrected chi connectivity index (χ2v) is 9.15. The maximum Gasteiger partial charge on any atom is 0.408 e. The van der Waals surface area contributed by atoms with Gasteiger partial charge in [-0.1, -0.05) is 30.3 Å². The van der Waals surface area contributed by atoms with Gasteiger partial charge in [-0.15, -0.1) is 11.3 Å². The highest BCUT2D eigenvalue weighted by atomic mass is 32.1. The highest BCUT2D eigenvalue weighted by Crippen LogP contribution is 2.39. The Bertz CT molecular complexity index is 1050. The molecule has 3 amide bonds. The van der Waals surface area contributed by atoms with Crippen LogP contribution in [0.2, 0.25) is 0 Å². The molecule has 1 aromatic heterocycles. The Hall–Kier alpha value is -3.45. The molecule has 3 rings (SSSR count). The molecule has 0 aliphatic heterocycles. The molecule has 194 valence electrons. The number of methoxy groups -OCH3 is 1. The fraction of sp³-hybridized carbons (Fsp3) is 0.435. The number of amides is 3. The topological polar surface area (TPSA) is 136 Å². The number of aromatic nitrogens is 1. The molecule has 0 saturated heterocycles. The molecular formula is C23H26F2N4O6S. The number of alkyl halides is 2. The molecule has 0 radical (unpaired) electrons. The van der Waals surface area contributed by atoms with Crippen LogP contribution in [0, 0.1) is 0 Å². The van der Waals surface area contributed by atoms with Crippen molar-refractivity contribution in [3.63, 3.8) is 0 Å². The Balaban J connectivity index is 1.64. The largest absolute Gasteiger partial charge is 0.446 e. The summed E-state index contributed by atoms with van der Waals surface area (Å²) in [6, 6.07) is 6.19. The minimum Gasteiger partial charge on any atom is -0.446 e. The molecule has 10 nitrogen and oxygen atoms in total. The van der Waals surface area contributed by atoms with Crippen LogP contribution in [0.1, 0.15) is 23.4 Å². The number of rotatable bonds is 12. The lowest BCUT2D eigenvalue weighted by Gasteiger charge is -2.34. The van der Waals surface area contributed by atoms with Crippen LogP contribution >= 0.6 is 11.3 Å². The van der Waals surface area contributed by atoms with E-state index < -0.39 is 60.6 Å². The molecule has 1 aliphatic rings. The lowest BCUT2D eigenvalue weighted by Crippen LogP contribution is -2.56. The number of alkyl carbamates (subject to hydrolysis) is 1. The van der Waals surface area contributed by atoms with Crippen LogP contribution in [0.3, 0.4) is 0 Å². The molecule has 2 aromatic rings. The van der Waals surface area contributed by atoms with Crippen LogP contribution in [0.25, 0.3) is 0 Å². The van der Waals surface area contributed by atoms with Crippen molar-refractivity contribution in [2.75, 3.05) is 13.7 Å². The Morgan fingerprint density at radius 1 is 1.14 bits per heavy atom. The SMILES string of the molecule is COC[C@@H](NC(=O)OC1CC(F)(F)C1)C(=O)N[C@H](Cc1ccccc1)C(=O)C(=O)NCc1nccs1. The molecule has 0 bridgehead atoms. The number of Topliss-reactive ketones (excluding diaryl/α,β-unsaturated/α-hetero) is 1. The summed E-state index contributed by atoms with van der Waals surface area (Å²) < 4.78 is 35.8.